The summed E-state index contributed by atoms with van der Waals surface area (Å²) in [5.74, 6) is 1.30. The number of ether oxygens (including phenoxy) is 2. The van der Waals surface area contributed by atoms with Crippen molar-refractivity contribution in [3.63, 3.8) is 0 Å². The molecule has 0 aliphatic carbocycles. The van der Waals surface area contributed by atoms with E-state index in [1.54, 1.807) is 17.0 Å². The van der Waals surface area contributed by atoms with Gasteiger partial charge in [-0.2, -0.15) is 0 Å². The first-order valence-electron chi connectivity index (χ1n) is 10.2. The molecule has 2 aromatic rings. The number of morpholine rings is 1. The van der Waals surface area contributed by atoms with Crippen molar-refractivity contribution >= 4 is 29.0 Å². The van der Waals surface area contributed by atoms with Gasteiger partial charge in [0.2, 0.25) is 5.91 Å². The minimum Gasteiger partial charge on any atom is -0.484 e. The summed E-state index contributed by atoms with van der Waals surface area (Å²) in [6, 6.07) is 11.0. The molecule has 3 heterocycles. The van der Waals surface area contributed by atoms with Gasteiger partial charge in [-0.25, -0.2) is 4.98 Å². The molecule has 2 aliphatic heterocycles. The lowest BCUT2D eigenvalue weighted by Crippen LogP contribution is -2.36. The fourth-order valence-corrected chi connectivity index (χ4v) is 3.65. The highest BCUT2D eigenvalue weighted by Crippen LogP contribution is 2.25. The number of anilines is 3. The maximum atomic E-state index is 12.4. The molecule has 2 amide bonds. The number of carbonyl (C=O) groups is 2. The fourth-order valence-electron chi connectivity index (χ4n) is 3.65. The van der Waals surface area contributed by atoms with Crippen LogP contribution in [0.25, 0.3) is 0 Å². The molecule has 1 aromatic heterocycles. The third-order valence-corrected chi connectivity index (χ3v) is 5.25. The van der Waals surface area contributed by atoms with Gasteiger partial charge < -0.3 is 24.6 Å². The van der Waals surface area contributed by atoms with Crippen LogP contribution in [-0.4, -0.2) is 56.3 Å². The Morgan fingerprint density at radius 1 is 1.20 bits per heavy atom. The highest BCUT2D eigenvalue weighted by molar-refractivity contribution is 5.95. The van der Waals surface area contributed by atoms with Crippen molar-refractivity contribution in [2.45, 2.75) is 19.8 Å². The number of benzene rings is 1. The summed E-state index contributed by atoms with van der Waals surface area (Å²) < 4.78 is 11.0. The molecule has 8 heteroatoms. The van der Waals surface area contributed by atoms with E-state index in [9.17, 15) is 9.59 Å². The van der Waals surface area contributed by atoms with Crippen LogP contribution < -0.4 is 19.9 Å². The average Bonchev–Trinajstić information content (AvgIpc) is 3.20. The summed E-state index contributed by atoms with van der Waals surface area (Å²) in [5, 5.41) is 2.85. The lowest BCUT2D eigenvalue weighted by molar-refractivity contribution is -0.118. The number of hydrogen-bond donors (Lipinski definition) is 1. The van der Waals surface area contributed by atoms with Crippen LogP contribution in [0.15, 0.2) is 36.4 Å². The molecular formula is C22H26N4O4. The molecule has 158 valence electrons. The Kier molecular flexibility index (Phi) is 6.13. The van der Waals surface area contributed by atoms with Crippen LogP contribution in [0.3, 0.4) is 0 Å². The zero-order valence-electron chi connectivity index (χ0n) is 17.1. The summed E-state index contributed by atoms with van der Waals surface area (Å²) in [4.78, 5) is 32.8. The fraction of sp³-hybridized carbons (Fsp3) is 0.409. The number of aryl methyl sites for hydroxylation is 1. The zero-order valence-corrected chi connectivity index (χ0v) is 17.1. The number of nitrogens with zero attached hydrogens (tertiary/aromatic N) is 3. The molecule has 2 fully saturated rings. The molecule has 0 saturated carbocycles. The average molecular weight is 410 g/mol. The third kappa shape index (κ3) is 4.71. The van der Waals surface area contributed by atoms with Gasteiger partial charge in [0.15, 0.2) is 6.61 Å². The number of nitrogens with one attached hydrogen (secondary N) is 1. The van der Waals surface area contributed by atoms with Crippen LogP contribution in [0.4, 0.5) is 17.2 Å². The summed E-state index contributed by atoms with van der Waals surface area (Å²) in [7, 11) is 0. The first kappa shape index (κ1) is 20.2. The van der Waals surface area contributed by atoms with Crippen LogP contribution in [0.2, 0.25) is 0 Å². The molecular weight excluding hydrogens is 384 g/mol. The van der Waals surface area contributed by atoms with Crippen LogP contribution in [0.1, 0.15) is 18.5 Å². The quantitative estimate of drug-likeness (QED) is 0.787. The summed E-state index contributed by atoms with van der Waals surface area (Å²) in [5.41, 5.74) is 2.22. The minimum absolute atomic E-state index is 0.119. The predicted octanol–water partition coefficient (Wildman–Crippen LogP) is 2.37. The predicted molar refractivity (Wildman–Crippen MR) is 114 cm³/mol. The van der Waals surface area contributed by atoms with Crippen molar-refractivity contribution in [3.8, 4) is 5.75 Å². The third-order valence-electron chi connectivity index (χ3n) is 5.25. The van der Waals surface area contributed by atoms with Crippen molar-refractivity contribution in [2.24, 2.45) is 0 Å². The van der Waals surface area contributed by atoms with E-state index in [-0.39, 0.29) is 18.4 Å². The number of rotatable bonds is 6. The molecule has 2 saturated heterocycles. The smallest absolute Gasteiger partial charge is 0.262 e. The molecule has 0 radical (unpaired) electrons. The van der Waals surface area contributed by atoms with Crippen LogP contribution in [-0.2, 0) is 14.3 Å². The maximum absolute atomic E-state index is 12.4. The van der Waals surface area contributed by atoms with Gasteiger partial charge in [-0.3, -0.25) is 9.59 Å². The lowest BCUT2D eigenvalue weighted by Gasteiger charge is -2.28. The SMILES string of the molecule is Cc1nc(N2CCOCC2)ccc1NC(=O)COc1cccc(N2CCCC2=O)c1. The summed E-state index contributed by atoms with van der Waals surface area (Å²) in [6.45, 7) is 5.49. The molecule has 1 aromatic carbocycles. The van der Waals surface area contributed by atoms with Crippen LogP contribution in [0.5, 0.6) is 5.75 Å². The molecule has 1 N–H and O–H groups in total. The topological polar surface area (TPSA) is 84.0 Å². The number of hydrogen-bond acceptors (Lipinski definition) is 6. The van der Waals surface area contributed by atoms with E-state index >= 15 is 0 Å². The Labute approximate surface area is 175 Å². The van der Waals surface area contributed by atoms with E-state index in [1.165, 1.54) is 0 Å². The highest BCUT2D eigenvalue weighted by Gasteiger charge is 2.22. The van der Waals surface area contributed by atoms with Gasteiger partial charge in [0.05, 0.1) is 24.6 Å². The van der Waals surface area contributed by atoms with Crippen molar-refractivity contribution in [1.29, 1.82) is 0 Å². The van der Waals surface area contributed by atoms with Crippen molar-refractivity contribution in [2.75, 3.05) is 54.6 Å². The molecule has 0 atom stereocenters. The van der Waals surface area contributed by atoms with Crippen molar-refractivity contribution in [1.82, 2.24) is 4.98 Å². The molecule has 8 nitrogen and oxygen atoms in total. The Bertz CT molecular complexity index is 927. The summed E-state index contributed by atoms with van der Waals surface area (Å²) in [6.07, 6.45) is 1.44. The minimum atomic E-state index is -0.262. The maximum Gasteiger partial charge on any atom is 0.262 e. The van der Waals surface area contributed by atoms with Crippen molar-refractivity contribution < 1.29 is 19.1 Å². The number of pyridine rings is 1. The molecule has 4 rings (SSSR count). The number of aromatic nitrogens is 1. The largest absolute Gasteiger partial charge is 0.484 e. The normalized spacial score (nSPS) is 16.6. The number of amides is 2. The van der Waals surface area contributed by atoms with Gasteiger partial charge in [-0.15, -0.1) is 0 Å². The van der Waals surface area contributed by atoms with Gasteiger partial charge >= 0.3 is 0 Å². The Morgan fingerprint density at radius 3 is 2.77 bits per heavy atom. The van der Waals surface area contributed by atoms with E-state index < -0.39 is 0 Å². The second-order valence-corrected chi connectivity index (χ2v) is 7.38. The van der Waals surface area contributed by atoms with Gasteiger partial charge in [0.25, 0.3) is 5.91 Å². The van der Waals surface area contributed by atoms with E-state index in [1.807, 2.05) is 31.2 Å². The second-order valence-electron chi connectivity index (χ2n) is 7.38. The Hall–Kier alpha value is -3.13. The van der Waals surface area contributed by atoms with Gasteiger partial charge in [-0.1, -0.05) is 6.07 Å². The van der Waals surface area contributed by atoms with E-state index in [4.69, 9.17) is 9.47 Å². The van der Waals surface area contributed by atoms with E-state index in [0.717, 1.165) is 43.3 Å². The molecule has 0 bridgehead atoms. The molecule has 0 unspecified atom stereocenters. The highest BCUT2D eigenvalue weighted by atomic mass is 16.5. The van der Waals surface area contributed by atoms with Crippen LogP contribution in [0, 0.1) is 6.92 Å². The van der Waals surface area contributed by atoms with Crippen molar-refractivity contribution in [3.05, 3.63) is 42.1 Å². The van der Waals surface area contributed by atoms with Gasteiger partial charge in [-0.05, 0) is 37.6 Å². The summed E-state index contributed by atoms with van der Waals surface area (Å²) >= 11 is 0. The van der Waals surface area contributed by atoms with E-state index in [0.29, 0.717) is 31.1 Å². The first-order valence-corrected chi connectivity index (χ1v) is 10.2. The monoisotopic (exact) mass is 410 g/mol. The Morgan fingerprint density at radius 2 is 2.03 bits per heavy atom. The van der Waals surface area contributed by atoms with Crippen LogP contribution >= 0.6 is 0 Å². The first-order chi connectivity index (χ1) is 14.6. The standard InChI is InChI=1S/C22H26N4O4/c1-16-19(7-8-20(23-16)25-10-12-29-13-11-25)24-21(27)15-30-18-5-2-4-17(14-18)26-9-3-6-22(26)28/h2,4-5,7-8,14H,3,6,9-13,15H2,1H3,(H,24,27). The Balaban J connectivity index is 1.33. The second kappa shape index (κ2) is 9.13. The molecule has 0 spiro atoms. The van der Waals surface area contributed by atoms with Gasteiger partial charge in [0, 0.05) is 37.8 Å². The lowest BCUT2D eigenvalue weighted by atomic mass is 10.2. The number of carbonyl (C=O) groups excluding carboxylic acids is 2. The zero-order chi connectivity index (χ0) is 20.9. The van der Waals surface area contributed by atoms with E-state index in [2.05, 4.69) is 15.2 Å². The molecule has 30 heavy (non-hydrogen) atoms. The molecule has 2 aliphatic rings. The van der Waals surface area contributed by atoms with Gasteiger partial charge in [0.1, 0.15) is 11.6 Å².